The fourth-order valence-electron chi connectivity index (χ4n) is 1.73. The molecule has 1 aromatic carbocycles. The molecular weight excluding hydrogens is 242 g/mol. The molecule has 0 unspecified atom stereocenters. The van der Waals surface area contributed by atoms with Crippen molar-refractivity contribution in [3.05, 3.63) is 23.8 Å². The van der Waals surface area contributed by atoms with Gasteiger partial charge in [-0.1, -0.05) is 0 Å². The van der Waals surface area contributed by atoms with E-state index in [0.717, 1.165) is 19.4 Å². The Labute approximate surface area is 114 Å². The minimum atomic E-state index is -0.0980. The predicted molar refractivity (Wildman–Crippen MR) is 77.5 cm³/mol. The summed E-state index contributed by atoms with van der Waals surface area (Å²) in [5.74, 6) is 0.488. The fraction of sp³-hybridized carbons (Fsp3) is 0.500. The molecule has 5 heteroatoms. The number of nitrogen functional groups attached to an aromatic ring is 1. The van der Waals surface area contributed by atoms with Gasteiger partial charge in [-0.3, -0.25) is 4.79 Å². The molecule has 0 fully saturated rings. The quantitative estimate of drug-likeness (QED) is 0.577. The van der Waals surface area contributed by atoms with Gasteiger partial charge in [-0.2, -0.15) is 0 Å². The van der Waals surface area contributed by atoms with Gasteiger partial charge >= 0.3 is 0 Å². The Bertz CT molecular complexity index is 419. The first-order chi connectivity index (χ1) is 9.04. The Kier molecular flexibility index (Phi) is 6.15. The molecule has 0 saturated carbocycles. The van der Waals surface area contributed by atoms with E-state index < -0.39 is 0 Å². The number of anilines is 1. The van der Waals surface area contributed by atoms with Gasteiger partial charge in [-0.15, -0.1) is 0 Å². The van der Waals surface area contributed by atoms with Crippen molar-refractivity contribution < 1.29 is 9.53 Å². The largest absolute Gasteiger partial charge is 0.495 e. The van der Waals surface area contributed by atoms with Crippen molar-refractivity contribution in [2.24, 2.45) is 0 Å². The van der Waals surface area contributed by atoms with Crippen molar-refractivity contribution in [3.8, 4) is 5.75 Å². The number of carbonyl (C=O) groups is 1. The number of amides is 1. The first-order valence-electron chi connectivity index (χ1n) is 6.41. The SMILES string of the molecule is COc1ccc(C(=O)NCCCCN(C)C)cc1N. The van der Waals surface area contributed by atoms with Crippen molar-refractivity contribution in [2.45, 2.75) is 12.8 Å². The average Bonchev–Trinajstić information content (AvgIpc) is 2.37. The summed E-state index contributed by atoms with van der Waals surface area (Å²) in [6.45, 7) is 1.71. The minimum Gasteiger partial charge on any atom is -0.495 e. The van der Waals surface area contributed by atoms with Gasteiger partial charge in [0.1, 0.15) is 5.75 Å². The molecular formula is C14H23N3O2. The Hall–Kier alpha value is -1.75. The van der Waals surface area contributed by atoms with Gasteiger partial charge in [0.05, 0.1) is 12.8 Å². The second kappa shape index (κ2) is 7.63. The number of hydrogen-bond acceptors (Lipinski definition) is 4. The molecule has 5 nitrogen and oxygen atoms in total. The van der Waals surface area contributed by atoms with E-state index in [1.807, 2.05) is 14.1 Å². The molecule has 0 atom stereocenters. The first-order valence-corrected chi connectivity index (χ1v) is 6.41. The third kappa shape index (κ3) is 5.18. The van der Waals surface area contributed by atoms with E-state index in [9.17, 15) is 4.79 Å². The summed E-state index contributed by atoms with van der Waals surface area (Å²) in [7, 11) is 5.63. The van der Waals surface area contributed by atoms with Gasteiger partial charge in [0, 0.05) is 12.1 Å². The number of nitrogens with one attached hydrogen (secondary N) is 1. The van der Waals surface area contributed by atoms with Crippen LogP contribution in [0.25, 0.3) is 0 Å². The number of unbranched alkanes of at least 4 members (excludes halogenated alkanes) is 1. The van der Waals surface area contributed by atoms with Crippen LogP contribution in [-0.2, 0) is 0 Å². The van der Waals surface area contributed by atoms with Crippen LogP contribution in [0, 0.1) is 0 Å². The van der Waals surface area contributed by atoms with Crippen molar-refractivity contribution >= 4 is 11.6 Å². The maximum Gasteiger partial charge on any atom is 0.251 e. The molecule has 0 aromatic heterocycles. The number of hydrogen-bond donors (Lipinski definition) is 2. The average molecular weight is 265 g/mol. The molecule has 0 spiro atoms. The molecule has 0 aliphatic rings. The fourth-order valence-corrected chi connectivity index (χ4v) is 1.73. The normalized spacial score (nSPS) is 10.5. The lowest BCUT2D eigenvalue weighted by atomic mass is 10.1. The smallest absolute Gasteiger partial charge is 0.251 e. The summed E-state index contributed by atoms with van der Waals surface area (Å²) >= 11 is 0. The number of rotatable bonds is 7. The van der Waals surface area contributed by atoms with Crippen LogP contribution in [0.3, 0.4) is 0 Å². The minimum absolute atomic E-state index is 0.0980. The lowest BCUT2D eigenvalue weighted by Crippen LogP contribution is -2.25. The van der Waals surface area contributed by atoms with Crippen LogP contribution in [0.15, 0.2) is 18.2 Å². The first kappa shape index (κ1) is 15.3. The van der Waals surface area contributed by atoms with E-state index in [-0.39, 0.29) is 5.91 Å². The summed E-state index contributed by atoms with van der Waals surface area (Å²) in [5, 5.41) is 2.88. The molecule has 106 valence electrons. The van der Waals surface area contributed by atoms with Crippen molar-refractivity contribution in [2.75, 3.05) is 40.0 Å². The van der Waals surface area contributed by atoms with Crippen LogP contribution >= 0.6 is 0 Å². The molecule has 0 radical (unpaired) electrons. The highest BCUT2D eigenvalue weighted by Gasteiger charge is 2.07. The number of ether oxygens (including phenoxy) is 1. The number of benzene rings is 1. The zero-order valence-electron chi connectivity index (χ0n) is 11.9. The molecule has 19 heavy (non-hydrogen) atoms. The zero-order chi connectivity index (χ0) is 14.3. The Morgan fingerprint density at radius 2 is 2.11 bits per heavy atom. The lowest BCUT2D eigenvalue weighted by molar-refractivity contribution is 0.0953. The van der Waals surface area contributed by atoms with Gasteiger partial charge in [-0.05, 0) is 51.7 Å². The maximum atomic E-state index is 11.9. The Morgan fingerprint density at radius 1 is 1.37 bits per heavy atom. The molecule has 0 heterocycles. The highest BCUT2D eigenvalue weighted by atomic mass is 16.5. The van der Waals surface area contributed by atoms with Gasteiger partial charge in [0.2, 0.25) is 0 Å². The zero-order valence-corrected chi connectivity index (χ0v) is 11.9. The topological polar surface area (TPSA) is 67.6 Å². The van der Waals surface area contributed by atoms with E-state index >= 15 is 0 Å². The van der Waals surface area contributed by atoms with E-state index in [1.54, 1.807) is 25.3 Å². The molecule has 0 saturated heterocycles. The van der Waals surface area contributed by atoms with Crippen LogP contribution in [0.5, 0.6) is 5.75 Å². The standard InChI is InChI=1S/C14H23N3O2/c1-17(2)9-5-4-8-16-14(18)11-6-7-13(19-3)12(15)10-11/h6-7,10H,4-5,8-9,15H2,1-3H3,(H,16,18). The number of carbonyl (C=O) groups excluding carboxylic acids is 1. The molecule has 1 rings (SSSR count). The molecule has 3 N–H and O–H groups in total. The summed E-state index contributed by atoms with van der Waals surface area (Å²) < 4.78 is 5.05. The summed E-state index contributed by atoms with van der Waals surface area (Å²) in [5.41, 5.74) is 6.80. The van der Waals surface area contributed by atoms with Crippen LogP contribution < -0.4 is 15.8 Å². The van der Waals surface area contributed by atoms with Gasteiger partial charge < -0.3 is 20.7 Å². The van der Waals surface area contributed by atoms with Crippen LogP contribution in [0.2, 0.25) is 0 Å². The summed E-state index contributed by atoms with van der Waals surface area (Å²) in [4.78, 5) is 14.0. The van der Waals surface area contributed by atoms with E-state index in [2.05, 4.69) is 10.2 Å². The highest BCUT2D eigenvalue weighted by molar-refractivity contribution is 5.95. The van der Waals surface area contributed by atoms with Crippen LogP contribution in [-0.4, -0.2) is 45.1 Å². The van der Waals surface area contributed by atoms with Gasteiger partial charge in [-0.25, -0.2) is 0 Å². The third-order valence-electron chi connectivity index (χ3n) is 2.81. The maximum absolute atomic E-state index is 11.9. The molecule has 0 bridgehead atoms. The van der Waals surface area contributed by atoms with E-state index in [1.165, 1.54) is 0 Å². The third-order valence-corrected chi connectivity index (χ3v) is 2.81. The number of nitrogens with zero attached hydrogens (tertiary/aromatic N) is 1. The lowest BCUT2D eigenvalue weighted by Gasteiger charge is -2.10. The van der Waals surface area contributed by atoms with Gasteiger partial charge in [0.15, 0.2) is 0 Å². The number of methoxy groups -OCH3 is 1. The highest BCUT2D eigenvalue weighted by Crippen LogP contribution is 2.21. The predicted octanol–water partition coefficient (Wildman–Crippen LogP) is 1.35. The van der Waals surface area contributed by atoms with Crippen molar-refractivity contribution in [3.63, 3.8) is 0 Å². The van der Waals surface area contributed by atoms with Crippen molar-refractivity contribution in [1.82, 2.24) is 10.2 Å². The molecule has 0 aliphatic heterocycles. The van der Waals surface area contributed by atoms with Crippen LogP contribution in [0.4, 0.5) is 5.69 Å². The second-order valence-electron chi connectivity index (χ2n) is 4.72. The van der Waals surface area contributed by atoms with E-state index in [4.69, 9.17) is 10.5 Å². The molecule has 0 aliphatic carbocycles. The molecule has 1 aromatic rings. The van der Waals surface area contributed by atoms with Gasteiger partial charge in [0.25, 0.3) is 5.91 Å². The monoisotopic (exact) mass is 265 g/mol. The molecule has 1 amide bonds. The van der Waals surface area contributed by atoms with Crippen LogP contribution in [0.1, 0.15) is 23.2 Å². The Morgan fingerprint density at radius 3 is 2.68 bits per heavy atom. The number of nitrogens with two attached hydrogens (primary N) is 1. The summed E-state index contributed by atoms with van der Waals surface area (Å²) in [6, 6.07) is 5.05. The Balaban J connectivity index is 2.39. The van der Waals surface area contributed by atoms with E-state index in [0.29, 0.717) is 23.5 Å². The van der Waals surface area contributed by atoms with Crippen molar-refractivity contribution in [1.29, 1.82) is 0 Å². The summed E-state index contributed by atoms with van der Waals surface area (Å²) in [6.07, 6.45) is 2.04. The second-order valence-corrected chi connectivity index (χ2v) is 4.72.